The van der Waals surface area contributed by atoms with Gasteiger partial charge in [-0.2, -0.15) is 0 Å². The molecule has 0 aromatic rings. The van der Waals surface area contributed by atoms with Gasteiger partial charge in [-0.1, -0.05) is 0 Å². The first-order valence-electron chi connectivity index (χ1n) is 0.911. The Morgan fingerprint density at radius 2 is 2.25 bits per heavy atom. The van der Waals surface area contributed by atoms with Gasteiger partial charge in [0.25, 0.3) is 0 Å². The molecular formula is C2H5N2. The maximum Gasteiger partial charge on any atom is 0.0123 e. The summed E-state index contributed by atoms with van der Waals surface area (Å²) in [6, 6.07) is 0. The molecule has 0 aliphatic carbocycles. The number of hydrogen-bond donors (Lipinski definition) is 2. The van der Waals surface area contributed by atoms with Crippen molar-refractivity contribution in [3.8, 4) is 0 Å². The van der Waals surface area contributed by atoms with E-state index in [-0.39, 0.29) is 0 Å². The summed E-state index contributed by atoms with van der Waals surface area (Å²) in [6.45, 7) is 4.67. The van der Waals surface area contributed by atoms with Crippen LogP contribution in [0.5, 0.6) is 0 Å². The average Bonchev–Trinajstić information content (AvgIpc) is 1.37. The van der Waals surface area contributed by atoms with E-state index in [0.29, 0.717) is 0 Å². The summed E-state index contributed by atoms with van der Waals surface area (Å²) in [7, 11) is 0. The Morgan fingerprint density at radius 1 is 2.00 bits per heavy atom. The van der Waals surface area contributed by atoms with E-state index in [0.717, 1.165) is 6.20 Å². The molecule has 0 fully saturated rings. The first kappa shape index (κ1) is 3.50. The van der Waals surface area contributed by atoms with Crippen molar-refractivity contribution in [2.75, 3.05) is 0 Å². The molecule has 0 aliphatic heterocycles. The van der Waals surface area contributed by atoms with Crippen LogP contribution in [0.25, 0.3) is 0 Å². The fourth-order valence-corrected chi connectivity index (χ4v) is 0. The third-order valence-electron chi connectivity index (χ3n) is 0.0962. The first-order valence-corrected chi connectivity index (χ1v) is 0.911. The van der Waals surface area contributed by atoms with Crippen molar-refractivity contribution in [2.24, 2.45) is 5.84 Å². The van der Waals surface area contributed by atoms with Gasteiger partial charge < -0.3 is 5.43 Å². The molecule has 0 atom stereocenters. The second-order valence-electron chi connectivity index (χ2n) is 0.333. The Kier molecular flexibility index (Phi) is 2.19. The number of hydrazine groups is 1. The van der Waals surface area contributed by atoms with Crippen molar-refractivity contribution in [3.63, 3.8) is 0 Å². The van der Waals surface area contributed by atoms with Gasteiger partial charge in [0.05, 0.1) is 0 Å². The van der Waals surface area contributed by atoms with Crippen molar-refractivity contribution in [1.29, 1.82) is 0 Å². The number of nitrogens with one attached hydrogen (secondary N) is 1. The fourth-order valence-electron chi connectivity index (χ4n) is 0. The van der Waals surface area contributed by atoms with Crippen LogP contribution in [0.1, 0.15) is 0 Å². The summed E-state index contributed by atoms with van der Waals surface area (Å²) in [5.74, 6) is 4.60. The lowest BCUT2D eigenvalue weighted by Gasteiger charge is -1.71. The van der Waals surface area contributed by atoms with Crippen LogP contribution in [0.3, 0.4) is 0 Å². The smallest absolute Gasteiger partial charge is 0.0123 e. The molecular weight excluding hydrogens is 52.0 g/mol. The zero-order valence-corrected chi connectivity index (χ0v) is 2.23. The largest absolute Gasteiger partial charge is 0.331 e. The predicted octanol–water partition coefficient (Wildman–Crippen LogP) is -0.604. The van der Waals surface area contributed by atoms with E-state index in [1.807, 2.05) is 0 Å². The molecule has 2 heteroatoms. The van der Waals surface area contributed by atoms with Gasteiger partial charge >= 0.3 is 0 Å². The van der Waals surface area contributed by atoms with E-state index in [2.05, 4.69) is 17.8 Å². The molecule has 0 saturated heterocycles. The average molecular weight is 57.1 g/mol. The molecule has 0 heterocycles. The minimum Gasteiger partial charge on any atom is -0.331 e. The molecule has 0 aromatic carbocycles. The van der Waals surface area contributed by atoms with Crippen molar-refractivity contribution in [3.05, 3.63) is 12.8 Å². The van der Waals surface area contributed by atoms with Crippen LogP contribution >= 0.6 is 0 Å². The Labute approximate surface area is 25.3 Å². The van der Waals surface area contributed by atoms with Crippen LogP contribution in [0, 0.1) is 6.58 Å². The van der Waals surface area contributed by atoms with E-state index in [1.54, 1.807) is 0 Å². The molecule has 0 spiro atoms. The van der Waals surface area contributed by atoms with Crippen LogP contribution in [0.2, 0.25) is 0 Å². The number of hydrogen-bond acceptors (Lipinski definition) is 2. The molecule has 0 bridgehead atoms. The van der Waals surface area contributed by atoms with Gasteiger partial charge in [0, 0.05) is 6.20 Å². The predicted molar refractivity (Wildman–Crippen MR) is 16.2 cm³/mol. The summed E-state index contributed by atoms with van der Waals surface area (Å²) in [6.07, 6.45) is 1.15. The van der Waals surface area contributed by atoms with E-state index in [4.69, 9.17) is 0 Å². The van der Waals surface area contributed by atoms with Gasteiger partial charge in [0.15, 0.2) is 0 Å². The SMILES string of the molecule is [CH]=CNN. The van der Waals surface area contributed by atoms with Crippen LogP contribution < -0.4 is 11.3 Å². The minimum atomic E-state index is 1.15. The minimum absolute atomic E-state index is 1.15. The Hall–Kier alpha value is -0.500. The number of rotatable bonds is 1. The maximum atomic E-state index is 4.67. The van der Waals surface area contributed by atoms with Crippen LogP contribution in [-0.2, 0) is 0 Å². The second-order valence-corrected chi connectivity index (χ2v) is 0.333. The lowest BCUT2D eigenvalue weighted by Crippen LogP contribution is -2.11. The highest BCUT2D eigenvalue weighted by Gasteiger charge is 1.34. The lowest BCUT2D eigenvalue weighted by molar-refractivity contribution is 0.970. The van der Waals surface area contributed by atoms with E-state index in [9.17, 15) is 0 Å². The Bertz CT molecular complexity index is 18.0. The zero-order valence-electron chi connectivity index (χ0n) is 2.23. The molecule has 3 N–H and O–H groups in total. The van der Waals surface area contributed by atoms with Gasteiger partial charge in [0.2, 0.25) is 0 Å². The Balaban J connectivity index is 2.30. The molecule has 0 rings (SSSR count). The topological polar surface area (TPSA) is 38.0 Å². The highest BCUT2D eigenvalue weighted by atomic mass is 15.2. The van der Waals surface area contributed by atoms with Gasteiger partial charge in [-0.05, 0) is 6.58 Å². The van der Waals surface area contributed by atoms with Crippen LogP contribution in [0.4, 0.5) is 0 Å². The molecule has 0 aromatic heterocycles. The standard InChI is InChI=1S/C2H5N2/c1-2-4-3/h1-2,4H,3H2. The van der Waals surface area contributed by atoms with E-state index >= 15 is 0 Å². The molecule has 0 aliphatic rings. The fraction of sp³-hybridized carbons (Fsp3) is 0. The van der Waals surface area contributed by atoms with Crippen LogP contribution in [-0.4, -0.2) is 0 Å². The quantitative estimate of drug-likeness (QED) is 0.311. The molecule has 4 heavy (non-hydrogen) atoms. The van der Waals surface area contributed by atoms with Gasteiger partial charge in [0.1, 0.15) is 0 Å². The number of nitrogens with two attached hydrogens (primary N) is 1. The van der Waals surface area contributed by atoms with Crippen molar-refractivity contribution < 1.29 is 0 Å². The zero-order chi connectivity index (χ0) is 3.41. The van der Waals surface area contributed by atoms with Crippen LogP contribution in [0.15, 0.2) is 6.20 Å². The van der Waals surface area contributed by atoms with Gasteiger partial charge in [-0.3, -0.25) is 5.84 Å². The molecule has 0 saturated carbocycles. The maximum absolute atomic E-state index is 4.67. The van der Waals surface area contributed by atoms with Crippen molar-refractivity contribution in [2.45, 2.75) is 0 Å². The summed E-state index contributed by atoms with van der Waals surface area (Å²) in [4.78, 5) is 0. The summed E-state index contributed by atoms with van der Waals surface area (Å²) in [5, 5.41) is 0. The molecule has 23 valence electrons. The van der Waals surface area contributed by atoms with Gasteiger partial charge in [-0.15, -0.1) is 0 Å². The monoisotopic (exact) mass is 57.0 g/mol. The third-order valence-corrected chi connectivity index (χ3v) is 0.0962. The van der Waals surface area contributed by atoms with E-state index in [1.165, 1.54) is 0 Å². The molecule has 0 amide bonds. The summed E-state index contributed by atoms with van der Waals surface area (Å²) >= 11 is 0. The lowest BCUT2D eigenvalue weighted by atomic mass is 11.1. The second kappa shape index (κ2) is 2.50. The summed E-state index contributed by atoms with van der Waals surface area (Å²) < 4.78 is 0. The first-order chi connectivity index (χ1) is 1.91. The molecule has 1 radical (unpaired) electrons. The normalized spacial score (nSPS) is 5.25. The van der Waals surface area contributed by atoms with E-state index < -0.39 is 0 Å². The Morgan fingerprint density at radius 3 is 2.25 bits per heavy atom. The van der Waals surface area contributed by atoms with Crippen molar-refractivity contribution in [1.82, 2.24) is 5.43 Å². The summed E-state index contributed by atoms with van der Waals surface area (Å²) in [5.41, 5.74) is 2.08. The highest BCUT2D eigenvalue weighted by Crippen LogP contribution is 1.25. The molecule has 0 unspecified atom stereocenters. The third kappa shape index (κ3) is 1.50. The highest BCUT2D eigenvalue weighted by molar-refractivity contribution is 4.47. The van der Waals surface area contributed by atoms with Crippen molar-refractivity contribution >= 4 is 0 Å². The van der Waals surface area contributed by atoms with Gasteiger partial charge in [-0.25, -0.2) is 0 Å². The molecule has 2 nitrogen and oxygen atoms in total.